The number of nitrogens with one attached hydrogen (secondary N) is 1. The summed E-state index contributed by atoms with van der Waals surface area (Å²) in [5.41, 5.74) is 1.58. The van der Waals surface area contributed by atoms with Crippen molar-refractivity contribution in [3.63, 3.8) is 0 Å². The van der Waals surface area contributed by atoms with Crippen LogP contribution in [0.2, 0.25) is 5.02 Å². The van der Waals surface area contributed by atoms with Crippen molar-refractivity contribution in [1.82, 2.24) is 5.32 Å². The van der Waals surface area contributed by atoms with E-state index in [4.69, 9.17) is 25.8 Å². The Balaban J connectivity index is 1.93. The predicted octanol–water partition coefficient (Wildman–Crippen LogP) is 5.01. The van der Waals surface area contributed by atoms with Gasteiger partial charge in [0, 0.05) is 5.02 Å². The summed E-state index contributed by atoms with van der Waals surface area (Å²) in [6, 6.07) is 6.83. The van der Waals surface area contributed by atoms with E-state index >= 15 is 0 Å². The highest BCUT2D eigenvalue weighted by molar-refractivity contribution is 6.30. The lowest BCUT2D eigenvalue weighted by atomic mass is 10.2. The summed E-state index contributed by atoms with van der Waals surface area (Å²) in [7, 11) is 1.20. The quantitative estimate of drug-likeness (QED) is 0.678. The first-order chi connectivity index (χ1) is 13.9. The second kappa shape index (κ2) is 9.09. The van der Waals surface area contributed by atoms with Gasteiger partial charge in [-0.1, -0.05) is 17.7 Å². The normalized spacial score (nSPS) is 17.2. The van der Waals surface area contributed by atoms with Gasteiger partial charge < -0.3 is 24.3 Å². The van der Waals surface area contributed by atoms with Gasteiger partial charge in [-0.25, -0.2) is 14.5 Å². The molecule has 0 spiro atoms. The van der Waals surface area contributed by atoms with Crippen LogP contribution < -0.4 is 10.2 Å². The molecule has 0 aromatic heterocycles. The summed E-state index contributed by atoms with van der Waals surface area (Å²) in [6.45, 7) is 3.45. The molecular formula is C20H23ClN2O6. The van der Waals surface area contributed by atoms with Gasteiger partial charge in [-0.2, -0.15) is 0 Å². The lowest BCUT2D eigenvalue weighted by Gasteiger charge is -2.33. The Morgan fingerprint density at radius 2 is 1.69 bits per heavy atom. The molecule has 1 aliphatic carbocycles. The number of hydrogen-bond donors (Lipinski definition) is 1. The fourth-order valence-electron chi connectivity index (χ4n) is 3.28. The summed E-state index contributed by atoms with van der Waals surface area (Å²) >= 11 is 6.15. The van der Waals surface area contributed by atoms with E-state index in [9.17, 15) is 9.59 Å². The van der Waals surface area contributed by atoms with Gasteiger partial charge in [0.1, 0.15) is 6.10 Å². The molecule has 0 radical (unpaired) electrons. The van der Waals surface area contributed by atoms with Gasteiger partial charge >= 0.3 is 12.3 Å². The number of nitrogens with zero attached hydrogens (tertiary/aromatic N) is 1. The third-order valence-corrected chi connectivity index (χ3v) is 4.82. The number of allylic oxidation sites excluding steroid dienone is 2. The molecule has 1 N–H and O–H groups in total. The van der Waals surface area contributed by atoms with Crippen molar-refractivity contribution in [3.8, 4) is 0 Å². The average Bonchev–Trinajstić information content (AvgIpc) is 3.18. The van der Waals surface area contributed by atoms with Crippen molar-refractivity contribution in [1.29, 1.82) is 0 Å². The Kier molecular flexibility index (Phi) is 6.53. The molecule has 0 saturated heterocycles. The van der Waals surface area contributed by atoms with E-state index in [0.29, 0.717) is 22.1 Å². The maximum atomic E-state index is 12.4. The molecule has 2 aliphatic rings. The Bertz CT molecular complexity index is 860. The fourth-order valence-corrected chi connectivity index (χ4v) is 3.46. The first-order valence-electron chi connectivity index (χ1n) is 9.27. The van der Waals surface area contributed by atoms with Crippen LogP contribution in [0.15, 0.2) is 47.4 Å². The van der Waals surface area contributed by atoms with E-state index in [1.54, 1.807) is 38.1 Å². The monoisotopic (exact) mass is 422 g/mol. The standard InChI is InChI=1S/C20H23ClN2O6/c1-12-17(28-19(24)26-3)23(15-8-6-7-14(21)11-15)18(13(2)22-12)29-20(25)27-16-9-4-5-10-16/h6-8,11,16,22H,4-5,9-10H2,1-3H3. The van der Waals surface area contributed by atoms with Crippen LogP contribution in [-0.2, 0) is 18.9 Å². The zero-order valence-electron chi connectivity index (χ0n) is 16.5. The van der Waals surface area contributed by atoms with Crippen molar-refractivity contribution >= 4 is 29.6 Å². The molecule has 9 heteroatoms. The molecule has 1 heterocycles. The highest BCUT2D eigenvalue weighted by Crippen LogP contribution is 2.34. The van der Waals surface area contributed by atoms with Crippen LogP contribution >= 0.6 is 11.6 Å². The first kappa shape index (κ1) is 20.9. The molecule has 8 nitrogen and oxygen atoms in total. The molecule has 1 aliphatic heterocycles. The topological polar surface area (TPSA) is 86.3 Å². The number of carbonyl (C=O) groups is 2. The van der Waals surface area contributed by atoms with Crippen molar-refractivity contribution in [2.24, 2.45) is 0 Å². The van der Waals surface area contributed by atoms with Crippen LogP contribution in [0.1, 0.15) is 39.5 Å². The summed E-state index contributed by atoms with van der Waals surface area (Å²) in [6.07, 6.45) is 1.79. The van der Waals surface area contributed by atoms with E-state index in [1.807, 2.05) is 0 Å². The second-order valence-electron chi connectivity index (χ2n) is 6.73. The van der Waals surface area contributed by atoms with Gasteiger partial charge in [-0.3, -0.25) is 0 Å². The summed E-state index contributed by atoms with van der Waals surface area (Å²) in [5.74, 6) is 0.202. The molecule has 29 heavy (non-hydrogen) atoms. The zero-order chi connectivity index (χ0) is 21.0. The Labute approximate surface area is 174 Å². The molecule has 156 valence electrons. The van der Waals surface area contributed by atoms with Crippen LogP contribution in [0, 0.1) is 0 Å². The van der Waals surface area contributed by atoms with Crippen molar-refractivity contribution in [2.75, 3.05) is 12.0 Å². The molecule has 1 aromatic rings. The molecule has 1 saturated carbocycles. The fraction of sp³-hybridized carbons (Fsp3) is 0.400. The minimum absolute atomic E-state index is 0.0911. The first-order valence-corrected chi connectivity index (χ1v) is 9.65. The molecule has 1 aromatic carbocycles. The SMILES string of the molecule is COC(=O)OC1=C(C)NC(C)=C(OC(=O)OC2CCCC2)N1c1cccc(Cl)c1. The van der Waals surface area contributed by atoms with E-state index in [0.717, 1.165) is 25.7 Å². The number of rotatable bonds is 4. The number of anilines is 1. The van der Waals surface area contributed by atoms with Crippen LogP contribution in [0.25, 0.3) is 0 Å². The average molecular weight is 423 g/mol. The smallest absolute Gasteiger partial charge is 0.437 e. The molecule has 0 atom stereocenters. The second-order valence-corrected chi connectivity index (χ2v) is 7.17. The van der Waals surface area contributed by atoms with E-state index in [2.05, 4.69) is 10.1 Å². The van der Waals surface area contributed by atoms with Gasteiger partial charge in [0.25, 0.3) is 0 Å². The summed E-state index contributed by atoms with van der Waals surface area (Å²) < 4.78 is 20.9. The van der Waals surface area contributed by atoms with Crippen molar-refractivity contribution in [3.05, 3.63) is 52.4 Å². The number of ether oxygens (including phenoxy) is 4. The Morgan fingerprint density at radius 1 is 1.07 bits per heavy atom. The Morgan fingerprint density at radius 3 is 2.28 bits per heavy atom. The third-order valence-electron chi connectivity index (χ3n) is 4.58. The van der Waals surface area contributed by atoms with Crippen LogP contribution in [0.5, 0.6) is 0 Å². The minimum atomic E-state index is -0.916. The molecule has 0 bridgehead atoms. The van der Waals surface area contributed by atoms with Gasteiger partial charge in [0.05, 0.1) is 24.2 Å². The van der Waals surface area contributed by atoms with Gasteiger partial charge in [0.15, 0.2) is 0 Å². The van der Waals surface area contributed by atoms with Crippen LogP contribution in [0.3, 0.4) is 0 Å². The minimum Gasteiger partial charge on any atom is -0.437 e. The third kappa shape index (κ3) is 4.95. The maximum absolute atomic E-state index is 12.4. The lowest BCUT2D eigenvalue weighted by molar-refractivity contribution is 0.0398. The van der Waals surface area contributed by atoms with Gasteiger partial charge in [-0.05, 0) is 57.7 Å². The van der Waals surface area contributed by atoms with Crippen LogP contribution in [-0.4, -0.2) is 25.5 Å². The molecule has 0 amide bonds. The Hall–Kier alpha value is -2.87. The maximum Gasteiger partial charge on any atom is 0.515 e. The van der Waals surface area contributed by atoms with E-state index in [1.165, 1.54) is 12.0 Å². The summed E-state index contributed by atoms with van der Waals surface area (Å²) in [5, 5.41) is 3.50. The number of methoxy groups -OCH3 is 1. The number of benzene rings is 1. The lowest BCUT2D eigenvalue weighted by Crippen LogP contribution is -2.37. The molecular weight excluding hydrogens is 400 g/mol. The molecule has 0 unspecified atom stereocenters. The molecule has 3 rings (SSSR count). The van der Waals surface area contributed by atoms with Gasteiger partial charge in [-0.15, -0.1) is 0 Å². The van der Waals surface area contributed by atoms with Crippen molar-refractivity contribution in [2.45, 2.75) is 45.6 Å². The molecule has 1 fully saturated rings. The van der Waals surface area contributed by atoms with Crippen molar-refractivity contribution < 1.29 is 28.5 Å². The van der Waals surface area contributed by atoms with E-state index < -0.39 is 12.3 Å². The summed E-state index contributed by atoms with van der Waals surface area (Å²) in [4.78, 5) is 25.7. The van der Waals surface area contributed by atoms with Gasteiger partial charge in [0.2, 0.25) is 11.8 Å². The van der Waals surface area contributed by atoms with Crippen LogP contribution in [0.4, 0.5) is 15.3 Å². The number of hydrogen-bond acceptors (Lipinski definition) is 8. The number of carbonyl (C=O) groups excluding carboxylic acids is 2. The highest BCUT2D eigenvalue weighted by Gasteiger charge is 2.33. The largest absolute Gasteiger partial charge is 0.515 e. The number of halogens is 1. The zero-order valence-corrected chi connectivity index (χ0v) is 17.2. The van der Waals surface area contributed by atoms with E-state index in [-0.39, 0.29) is 17.9 Å². The predicted molar refractivity (Wildman–Crippen MR) is 106 cm³/mol. The highest BCUT2D eigenvalue weighted by atomic mass is 35.5.